The van der Waals surface area contributed by atoms with E-state index >= 15 is 0 Å². The summed E-state index contributed by atoms with van der Waals surface area (Å²) in [6.45, 7) is 2.58. The fourth-order valence-corrected chi connectivity index (χ4v) is 4.43. The Labute approximate surface area is 94.1 Å². The zero-order valence-electron chi connectivity index (χ0n) is 10.1. The van der Waals surface area contributed by atoms with Crippen molar-refractivity contribution in [2.75, 3.05) is 0 Å². The molecule has 0 aromatic carbocycles. The first-order valence-corrected chi connectivity index (χ1v) is 7.00. The van der Waals surface area contributed by atoms with Gasteiger partial charge in [-0.15, -0.1) is 0 Å². The van der Waals surface area contributed by atoms with Crippen LogP contribution in [0.4, 0.5) is 0 Å². The lowest BCUT2D eigenvalue weighted by molar-refractivity contribution is 0.112. The van der Waals surface area contributed by atoms with Gasteiger partial charge in [0.25, 0.3) is 0 Å². The minimum atomic E-state index is 0.703. The van der Waals surface area contributed by atoms with E-state index in [1.54, 1.807) is 0 Å². The van der Waals surface area contributed by atoms with Crippen LogP contribution in [0.3, 0.4) is 0 Å². The van der Waals surface area contributed by atoms with E-state index in [0.717, 1.165) is 5.92 Å². The first-order valence-electron chi connectivity index (χ1n) is 7.00. The van der Waals surface area contributed by atoms with E-state index in [4.69, 9.17) is 0 Å². The smallest absolute Gasteiger partial charge is 0.0146 e. The molecule has 0 bridgehead atoms. The normalized spacial score (nSPS) is 41.0. The lowest BCUT2D eigenvalue weighted by Gasteiger charge is -2.48. The molecule has 0 aromatic heterocycles. The predicted octanol–water partition coefficient (Wildman–Crippen LogP) is 4.85. The van der Waals surface area contributed by atoms with Crippen LogP contribution in [0.1, 0.15) is 71.1 Å². The van der Waals surface area contributed by atoms with Gasteiger partial charge in [0.05, 0.1) is 0 Å². The van der Waals surface area contributed by atoms with Crippen molar-refractivity contribution >= 4 is 0 Å². The summed E-state index contributed by atoms with van der Waals surface area (Å²) in [6.07, 6.45) is 14.8. The SMILES string of the molecule is C[C@@]12CCCC[C@H]1C1=C(CCCC1)CC2. The van der Waals surface area contributed by atoms with E-state index in [1.165, 1.54) is 64.2 Å². The molecular formula is C15H24. The third kappa shape index (κ3) is 1.57. The molecule has 0 heterocycles. The summed E-state index contributed by atoms with van der Waals surface area (Å²) in [7, 11) is 0. The lowest BCUT2D eigenvalue weighted by atomic mass is 9.57. The molecule has 0 spiro atoms. The molecule has 0 saturated heterocycles. The average Bonchev–Trinajstić information content (AvgIpc) is 2.28. The van der Waals surface area contributed by atoms with Crippen LogP contribution in [0, 0.1) is 11.3 Å². The van der Waals surface area contributed by atoms with Gasteiger partial charge in [-0.05, 0) is 62.7 Å². The highest BCUT2D eigenvalue weighted by Crippen LogP contribution is 2.54. The quantitative estimate of drug-likeness (QED) is 0.495. The molecule has 3 aliphatic carbocycles. The molecule has 0 aromatic rings. The van der Waals surface area contributed by atoms with Gasteiger partial charge >= 0.3 is 0 Å². The molecule has 15 heavy (non-hydrogen) atoms. The van der Waals surface area contributed by atoms with Crippen LogP contribution in [0.25, 0.3) is 0 Å². The molecule has 84 valence electrons. The predicted molar refractivity (Wildman–Crippen MR) is 64.8 cm³/mol. The second kappa shape index (κ2) is 3.64. The van der Waals surface area contributed by atoms with Crippen molar-refractivity contribution in [3.8, 4) is 0 Å². The van der Waals surface area contributed by atoms with Crippen LogP contribution in [0.5, 0.6) is 0 Å². The minimum Gasteiger partial charge on any atom is -0.0707 e. The van der Waals surface area contributed by atoms with E-state index < -0.39 is 0 Å². The maximum Gasteiger partial charge on any atom is -0.0146 e. The largest absolute Gasteiger partial charge is 0.0707 e. The van der Waals surface area contributed by atoms with Crippen molar-refractivity contribution in [3.63, 3.8) is 0 Å². The van der Waals surface area contributed by atoms with Crippen LogP contribution in [0.15, 0.2) is 11.1 Å². The van der Waals surface area contributed by atoms with Crippen molar-refractivity contribution in [1.82, 2.24) is 0 Å². The van der Waals surface area contributed by atoms with Crippen molar-refractivity contribution in [2.24, 2.45) is 11.3 Å². The number of allylic oxidation sites excluding steroid dienone is 2. The third-order valence-electron chi connectivity index (χ3n) is 5.38. The minimum absolute atomic E-state index is 0.703. The summed E-state index contributed by atoms with van der Waals surface area (Å²) in [5.41, 5.74) is 4.54. The summed E-state index contributed by atoms with van der Waals surface area (Å²) in [5, 5.41) is 0. The molecule has 0 N–H and O–H groups in total. The Bertz CT molecular complexity index is 286. The Kier molecular flexibility index (Phi) is 2.41. The number of rotatable bonds is 0. The molecule has 0 amide bonds. The Morgan fingerprint density at radius 3 is 2.73 bits per heavy atom. The standard InChI is InChI=1S/C15H24/c1-15-10-5-4-8-14(15)13-7-3-2-6-12(13)9-11-15/h14H,2-11H2,1H3/t14-,15-/m0/s1. The molecule has 1 fully saturated rings. The summed E-state index contributed by atoms with van der Waals surface area (Å²) in [4.78, 5) is 0. The summed E-state index contributed by atoms with van der Waals surface area (Å²) in [6, 6.07) is 0. The summed E-state index contributed by atoms with van der Waals surface area (Å²) >= 11 is 0. The lowest BCUT2D eigenvalue weighted by Crippen LogP contribution is -2.36. The van der Waals surface area contributed by atoms with Gasteiger partial charge in [-0.2, -0.15) is 0 Å². The van der Waals surface area contributed by atoms with Crippen molar-refractivity contribution in [3.05, 3.63) is 11.1 Å². The van der Waals surface area contributed by atoms with Gasteiger partial charge < -0.3 is 0 Å². The topological polar surface area (TPSA) is 0 Å². The first-order chi connectivity index (χ1) is 7.30. The fraction of sp³-hybridized carbons (Fsp3) is 0.867. The zero-order chi connectivity index (χ0) is 10.3. The van der Waals surface area contributed by atoms with Crippen LogP contribution in [-0.2, 0) is 0 Å². The fourth-order valence-electron chi connectivity index (χ4n) is 4.43. The van der Waals surface area contributed by atoms with Gasteiger partial charge in [0.2, 0.25) is 0 Å². The van der Waals surface area contributed by atoms with Crippen LogP contribution in [-0.4, -0.2) is 0 Å². The second-order valence-electron chi connectivity index (χ2n) is 6.29. The first kappa shape index (κ1) is 9.93. The Hall–Kier alpha value is -0.260. The van der Waals surface area contributed by atoms with E-state index in [-0.39, 0.29) is 0 Å². The van der Waals surface area contributed by atoms with Gasteiger partial charge in [0, 0.05) is 0 Å². The van der Waals surface area contributed by atoms with Crippen molar-refractivity contribution in [1.29, 1.82) is 0 Å². The van der Waals surface area contributed by atoms with E-state index in [1.807, 2.05) is 11.1 Å². The van der Waals surface area contributed by atoms with Gasteiger partial charge in [-0.25, -0.2) is 0 Å². The maximum absolute atomic E-state index is 2.58. The Morgan fingerprint density at radius 2 is 1.80 bits per heavy atom. The zero-order valence-corrected chi connectivity index (χ0v) is 10.1. The Balaban J connectivity index is 1.93. The van der Waals surface area contributed by atoms with Gasteiger partial charge in [-0.1, -0.05) is 30.9 Å². The van der Waals surface area contributed by atoms with E-state index in [0.29, 0.717) is 5.41 Å². The summed E-state index contributed by atoms with van der Waals surface area (Å²) in [5.74, 6) is 0.996. The molecule has 3 aliphatic rings. The summed E-state index contributed by atoms with van der Waals surface area (Å²) < 4.78 is 0. The second-order valence-corrected chi connectivity index (χ2v) is 6.29. The highest BCUT2D eigenvalue weighted by atomic mass is 14.5. The Morgan fingerprint density at radius 1 is 0.933 bits per heavy atom. The molecule has 1 saturated carbocycles. The van der Waals surface area contributed by atoms with E-state index in [2.05, 4.69) is 6.92 Å². The molecule has 0 radical (unpaired) electrons. The van der Waals surface area contributed by atoms with Crippen LogP contribution >= 0.6 is 0 Å². The molecule has 2 atom stereocenters. The molecule has 0 unspecified atom stereocenters. The molecule has 0 aliphatic heterocycles. The van der Waals surface area contributed by atoms with Crippen molar-refractivity contribution < 1.29 is 0 Å². The van der Waals surface area contributed by atoms with Gasteiger partial charge in [0.1, 0.15) is 0 Å². The average molecular weight is 204 g/mol. The van der Waals surface area contributed by atoms with Crippen LogP contribution in [0.2, 0.25) is 0 Å². The maximum atomic E-state index is 2.58. The number of hydrogen-bond acceptors (Lipinski definition) is 0. The van der Waals surface area contributed by atoms with Crippen LogP contribution < -0.4 is 0 Å². The molecule has 0 nitrogen and oxygen atoms in total. The van der Waals surface area contributed by atoms with Gasteiger partial charge in [0.15, 0.2) is 0 Å². The highest BCUT2D eigenvalue weighted by molar-refractivity contribution is 5.26. The number of fused-ring (bicyclic) bond motifs is 2. The molecule has 0 heteroatoms. The number of hydrogen-bond donors (Lipinski definition) is 0. The van der Waals surface area contributed by atoms with E-state index in [9.17, 15) is 0 Å². The monoisotopic (exact) mass is 204 g/mol. The van der Waals surface area contributed by atoms with Gasteiger partial charge in [-0.3, -0.25) is 0 Å². The third-order valence-corrected chi connectivity index (χ3v) is 5.38. The van der Waals surface area contributed by atoms with Crippen molar-refractivity contribution in [2.45, 2.75) is 71.1 Å². The highest BCUT2D eigenvalue weighted by Gasteiger charge is 2.42. The molecule has 3 rings (SSSR count). The molecular weight excluding hydrogens is 180 g/mol.